The van der Waals surface area contributed by atoms with Crippen molar-refractivity contribution in [3.05, 3.63) is 64.0 Å². The molecule has 0 unspecified atom stereocenters. The molecule has 1 amide bonds. The lowest BCUT2D eigenvalue weighted by molar-refractivity contribution is -0.120. The summed E-state index contributed by atoms with van der Waals surface area (Å²) < 4.78 is 19.9. The van der Waals surface area contributed by atoms with Crippen molar-refractivity contribution in [2.24, 2.45) is 11.5 Å². The Bertz CT molecular complexity index is 956. The minimum Gasteiger partial charge on any atom is -0.534 e. The highest BCUT2D eigenvalue weighted by Crippen LogP contribution is 2.30. The number of hydrogen-bond donors (Lipinski definition) is 5. The Kier molecular flexibility index (Phi) is 6.16. The summed E-state index contributed by atoms with van der Waals surface area (Å²) in [6.45, 7) is 0.102. The predicted molar refractivity (Wildman–Crippen MR) is 104 cm³/mol. The molecule has 0 fully saturated rings. The van der Waals surface area contributed by atoms with Crippen molar-refractivity contribution in [2.75, 3.05) is 0 Å². The van der Waals surface area contributed by atoms with Crippen molar-refractivity contribution < 1.29 is 28.8 Å². The Labute approximate surface area is 166 Å². The van der Waals surface area contributed by atoms with Gasteiger partial charge < -0.3 is 31.6 Å². The SMILES string of the molecule is NCc1ccc(CC(=O)N[C@H]2Cc3cccc(C(=O)O)c3OB2O)c(F)c1CN. The second-order valence-electron chi connectivity index (χ2n) is 6.75. The molecule has 152 valence electrons. The van der Waals surface area contributed by atoms with Crippen LogP contribution in [0.1, 0.15) is 32.6 Å². The molecule has 0 bridgehead atoms. The summed E-state index contributed by atoms with van der Waals surface area (Å²) >= 11 is 0. The summed E-state index contributed by atoms with van der Waals surface area (Å²) in [5.41, 5.74) is 12.7. The number of carboxylic acid groups (broad SMARTS) is 1. The second kappa shape index (κ2) is 8.60. The Morgan fingerprint density at radius 1 is 1.21 bits per heavy atom. The highest BCUT2D eigenvalue weighted by molar-refractivity contribution is 6.47. The van der Waals surface area contributed by atoms with E-state index in [0.717, 1.165) is 0 Å². The number of para-hydroxylation sites is 1. The average Bonchev–Trinajstić information content (AvgIpc) is 2.69. The summed E-state index contributed by atoms with van der Waals surface area (Å²) in [5.74, 6) is -2.99. The summed E-state index contributed by atoms with van der Waals surface area (Å²) in [6.07, 6.45) is -0.0824. The lowest BCUT2D eigenvalue weighted by Crippen LogP contribution is -2.53. The molecule has 1 atom stereocenters. The normalized spacial score (nSPS) is 15.4. The van der Waals surface area contributed by atoms with Gasteiger partial charge in [-0.3, -0.25) is 4.79 Å². The van der Waals surface area contributed by atoms with Gasteiger partial charge in [0.15, 0.2) is 0 Å². The molecule has 1 aliphatic rings. The summed E-state index contributed by atoms with van der Waals surface area (Å²) in [4.78, 5) is 23.7. The van der Waals surface area contributed by atoms with Gasteiger partial charge in [0.2, 0.25) is 5.91 Å². The van der Waals surface area contributed by atoms with Crippen LogP contribution in [0.2, 0.25) is 0 Å². The van der Waals surface area contributed by atoms with Crippen LogP contribution in [0.4, 0.5) is 4.39 Å². The molecule has 29 heavy (non-hydrogen) atoms. The monoisotopic (exact) mass is 401 g/mol. The molecule has 1 aliphatic heterocycles. The first-order valence-electron chi connectivity index (χ1n) is 9.04. The molecule has 0 radical (unpaired) electrons. The van der Waals surface area contributed by atoms with E-state index in [0.29, 0.717) is 11.1 Å². The standard InChI is InChI=1S/C19H21BFN3O5/c21-17-10(4-5-12(8-22)14(17)9-23)7-16(25)24-15-6-11-2-1-3-13(19(26)27)18(11)29-20(15)28/h1-5,15,28H,6-9,22-23H2,(H,24,25)(H,26,27)/t15-/m0/s1. The van der Waals surface area contributed by atoms with Crippen molar-refractivity contribution in [1.29, 1.82) is 0 Å². The van der Waals surface area contributed by atoms with Crippen LogP contribution in [0.25, 0.3) is 0 Å². The first kappa shape index (κ1) is 20.8. The molecule has 2 aromatic rings. The summed E-state index contributed by atoms with van der Waals surface area (Å²) in [7, 11) is -1.43. The van der Waals surface area contributed by atoms with E-state index in [9.17, 15) is 24.1 Å². The number of carbonyl (C=O) groups excluding carboxylic acids is 1. The van der Waals surface area contributed by atoms with E-state index in [1.54, 1.807) is 18.2 Å². The van der Waals surface area contributed by atoms with E-state index in [-0.39, 0.29) is 48.4 Å². The van der Waals surface area contributed by atoms with E-state index in [2.05, 4.69) is 5.32 Å². The number of rotatable bonds is 6. The number of halogens is 1. The van der Waals surface area contributed by atoms with Gasteiger partial charge in [0, 0.05) is 18.7 Å². The van der Waals surface area contributed by atoms with Gasteiger partial charge in [-0.15, -0.1) is 0 Å². The molecule has 3 rings (SSSR count). The van der Waals surface area contributed by atoms with E-state index >= 15 is 0 Å². The lowest BCUT2D eigenvalue weighted by atomic mass is 9.72. The smallest absolute Gasteiger partial charge is 0.534 e. The molecular formula is C19H21BFN3O5. The van der Waals surface area contributed by atoms with Gasteiger partial charge in [0.1, 0.15) is 11.6 Å². The van der Waals surface area contributed by atoms with Crippen molar-refractivity contribution in [3.8, 4) is 5.75 Å². The maximum absolute atomic E-state index is 14.6. The van der Waals surface area contributed by atoms with E-state index in [1.807, 2.05) is 0 Å². The topological polar surface area (TPSA) is 148 Å². The number of nitrogens with two attached hydrogens (primary N) is 2. The van der Waals surface area contributed by atoms with Gasteiger partial charge in [-0.1, -0.05) is 24.3 Å². The zero-order valence-corrected chi connectivity index (χ0v) is 15.5. The highest BCUT2D eigenvalue weighted by atomic mass is 19.1. The van der Waals surface area contributed by atoms with E-state index < -0.39 is 30.8 Å². The number of aromatic carboxylic acids is 1. The van der Waals surface area contributed by atoms with E-state index in [1.165, 1.54) is 12.1 Å². The van der Waals surface area contributed by atoms with Gasteiger partial charge in [-0.2, -0.15) is 0 Å². The molecule has 2 aromatic carbocycles. The molecule has 8 nitrogen and oxygen atoms in total. The maximum Gasteiger partial charge on any atom is 0.547 e. The second-order valence-corrected chi connectivity index (χ2v) is 6.75. The van der Waals surface area contributed by atoms with Crippen molar-refractivity contribution in [1.82, 2.24) is 5.32 Å². The minimum atomic E-state index is -1.43. The van der Waals surface area contributed by atoms with Gasteiger partial charge in [-0.25, -0.2) is 9.18 Å². The van der Waals surface area contributed by atoms with Crippen LogP contribution in [-0.4, -0.2) is 35.1 Å². The van der Waals surface area contributed by atoms with Crippen LogP contribution in [0.15, 0.2) is 30.3 Å². The van der Waals surface area contributed by atoms with Crippen LogP contribution >= 0.6 is 0 Å². The molecule has 10 heteroatoms. The Balaban J connectivity index is 1.74. The number of fused-ring (bicyclic) bond motifs is 1. The first-order valence-corrected chi connectivity index (χ1v) is 9.04. The fourth-order valence-electron chi connectivity index (χ4n) is 3.41. The van der Waals surface area contributed by atoms with Crippen LogP contribution in [0.3, 0.4) is 0 Å². The quantitative estimate of drug-likeness (QED) is 0.432. The van der Waals surface area contributed by atoms with Crippen LogP contribution in [0.5, 0.6) is 5.75 Å². The molecular weight excluding hydrogens is 380 g/mol. The third kappa shape index (κ3) is 4.24. The third-order valence-corrected chi connectivity index (χ3v) is 4.89. The summed E-state index contributed by atoms with van der Waals surface area (Å²) in [6, 6.07) is 7.71. The third-order valence-electron chi connectivity index (χ3n) is 4.89. The Morgan fingerprint density at radius 3 is 2.59 bits per heavy atom. The number of benzene rings is 2. The number of carboxylic acids is 1. The van der Waals surface area contributed by atoms with Crippen molar-refractivity contribution in [3.63, 3.8) is 0 Å². The van der Waals surface area contributed by atoms with Crippen LogP contribution in [0, 0.1) is 5.82 Å². The molecule has 7 N–H and O–H groups in total. The van der Waals surface area contributed by atoms with Crippen molar-refractivity contribution >= 4 is 19.0 Å². The molecule has 0 spiro atoms. The molecule has 0 aromatic heterocycles. The lowest BCUT2D eigenvalue weighted by Gasteiger charge is -2.29. The largest absolute Gasteiger partial charge is 0.547 e. The first-order chi connectivity index (χ1) is 13.8. The number of nitrogens with one attached hydrogen (secondary N) is 1. The maximum atomic E-state index is 14.6. The van der Waals surface area contributed by atoms with Gasteiger partial charge in [0.05, 0.1) is 17.9 Å². The van der Waals surface area contributed by atoms with Gasteiger partial charge >= 0.3 is 13.1 Å². The van der Waals surface area contributed by atoms with Gasteiger partial charge in [-0.05, 0) is 29.2 Å². The average molecular weight is 401 g/mol. The molecule has 0 saturated heterocycles. The molecule has 0 saturated carbocycles. The van der Waals surface area contributed by atoms with E-state index in [4.69, 9.17) is 16.1 Å². The summed E-state index contributed by atoms with van der Waals surface area (Å²) in [5, 5.41) is 22.0. The zero-order chi connectivity index (χ0) is 21.1. The zero-order valence-electron chi connectivity index (χ0n) is 15.5. The van der Waals surface area contributed by atoms with Crippen LogP contribution < -0.4 is 21.4 Å². The number of carbonyl (C=O) groups is 2. The molecule has 0 aliphatic carbocycles. The fraction of sp³-hybridized carbons (Fsp3) is 0.263. The van der Waals surface area contributed by atoms with Gasteiger partial charge in [0.25, 0.3) is 0 Å². The fourth-order valence-corrected chi connectivity index (χ4v) is 3.41. The highest BCUT2D eigenvalue weighted by Gasteiger charge is 2.37. The minimum absolute atomic E-state index is 0.0360. The number of hydrogen-bond acceptors (Lipinski definition) is 6. The Hall–Kier alpha value is -2.95. The van der Waals surface area contributed by atoms with Crippen molar-refractivity contribution in [2.45, 2.75) is 31.9 Å². The predicted octanol–water partition coefficient (Wildman–Crippen LogP) is 0.123. The van der Waals surface area contributed by atoms with Crippen LogP contribution in [-0.2, 0) is 30.7 Å². The molecule has 1 heterocycles. The number of amides is 1. The Morgan fingerprint density at radius 2 is 1.93 bits per heavy atom.